The average Bonchev–Trinajstić information content (AvgIpc) is 3.31. The Hall–Kier alpha value is -4.06. The summed E-state index contributed by atoms with van der Waals surface area (Å²) in [4.78, 5) is 26.5. The Bertz CT molecular complexity index is 1470. The molecule has 0 radical (unpaired) electrons. The maximum atomic E-state index is 12.8. The maximum Gasteiger partial charge on any atom is 0.300 e. The molecule has 4 atom stereocenters. The van der Waals surface area contributed by atoms with E-state index in [2.05, 4.69) is 25.0 Å². The van der Waals surface area contributed by atoms with E-state index in [0.717, 1.165) is 4.57 Å². The van der Waals surface area contributed by atoms with E-state index in [4.69, 9.17) is 16.0 Å². The van der Waals surface area contributed by atoms with Crippen molar-refractivity contribution in [3.63, 3.8) is 0 Å². The molecule has 1 aromatic carbocycles. The first-order chi connectivity index (χ1) is 16.6. The number of nitrogens with one attached hydrogen (secondary N) is 1. The number of nitrogens with zero attached hydrogens (tertiary/aromatic N) is 7. The largest absolute Gasteiger partial charge is 0.507 e. The van der Waals surface area contributed by atoms with Gasteiger partial charge in [0.2, 0.25) is 5.95 Å². The van der Waals surface area contributed by atoms with E-state index in [-0.39, 0.29) is 16.7 Å². The Morgan fingerprint density at radius 3 is 2.60 bits per heavy atom. The lowest BCUT2D eigenvalue weighted by molar-refractivity contribution is -0.0503. The molecule has 4 rings (SSSR count). The number of aliphatic hydroxyl groups is 3. The minimum atomic E-state index is -4.77. The topological polar surface area (TPSA) is 272 Å². The number of imidazole rings is 1. The Balaban J connectivity index is 1.83. The monoisotopic (exact) mass is 507 g/mol. The summed E-state index contributed by atoms with van der Waals surface area (Å²) < 4.78 is 33.7. The number of aromatic nitrogens is 4. The molecule has 0 spiro atoms. The number of anilines is 1. The second kappa shape index (κ2) is 8.95. The summed E-state index contributed by atoms with van der Waals surface area (Å²) in [5.41, 5.74) is 13.8. The van der Waals surface area contributed by atoms with Gasteiger partial charge in [-0.05, 0) is 22.8 Å². The van der Waals surface area contributed by atoms with Crippen molar-refractivity contribution in [2.75, 3.05) is 12.3 Å². The standard InChI is InChI=1S/C17H17N9O8S/c18-12-9-13(26(16(20-9)23-25-19)15-11(30)10(29)8(5-27)34-15)22-17(21-12)35(32,33)24-14(31)6-3-1-2-4-7(6)28/h1-4,8,10-11,15,27-30H,5H2,(H,24,31)(H2,18,21,22)/t8-,10?,11?,15-/m1/s1. The first-order valence-corrected chi connectivity index (χ1v) is 11.2. The summed E-state index contributed by atoms with van der Waals surface area (Å²) >= 11 is 0. The van der Waals surface area contributed by atoms with Crippen LogP contribution in [0.2, 0.25) is 0 Å². The van der Waals surface area contributed by atoms with Gasteiger partial charge < -0.3 is 30.9 Å². The van der Waals surface area contributed by atoms with E-state index in [0.29, 0.717) is 0 Å². The number of ether oxygens (including phenoxy) is 1. The molecule has 1 saturated heterocycles. The highest BCUT2D eigenvalue weighted by Gasteiger charge is 2.45. The number of azide groups is 1. The van der Waals surface area contributed by atoms with Crippen molar-refractivity contribution in [1.29, 1.82) is 0 Å². The van der Waals surface area contributed by atoms with Gasteiger partial charge in [-0.2, -0.15) is 18.4 Å². The van der Waals surface area contributed by atoms with Gasteiger partial charge in [-0.3, -0.25) is 9.36 Å². The van der Waals surface area contributed by atoms with Crippen LogP contribution < -0.4 is 10.5 Å². The molecule has 1 aliphatic heterocycles. The first-order valence-electron chi connectivity index (χ1n) is 9.67. The number of rotatable bonds is 6. The average molecular weight is 507 g/mol. The summed E-state index contributed by atoms with van der Waals surface area (Å²) in [6.45, 7) is -0.673. The maximum absolute atomic E-state index is 12.8. The molecule has 3 aromatic rings. The predicted octanol–water partition coefficient (Wildman–Crippen LogP) is -1.21. The van der Waals surface area contributed by atoms with Crippen molar-refractivity contribution in [3.05, 3.63) is 40.3 Å². The first kappa shape index (κ1) is 24.1. The van der Waals surface area contributed by atoms with Crippen molar-refractivity contribution in [2.45, 2.75) is 29.7 Å². The lowest BCUT2D eigenvalue weighted by Crippen LogP contribution is -2.33. The van der Waals surface area contributed by atoms with Crippen molar-refractivity contribution >= 4 is 38.9 Å². The van der Waals surface area contributed by atoms with Gasteiger partial charge in [-0.1, -0.05) is 12.1 Å². The Kier molecular flexibility index (Phi) is 6.15. The Morgan fingerprint density at radius 1 is 1.26 bits per heavy atom. The zero-order valence-electron chi connectivity index (χ0n) is 17.4. The number of nitrogens with two attached hydrogens (primary N) is 1. The van der Waals surface area contributed by atoms with E-state index < -0.39 is 69.7 Å². The highest BCUT2D eigenvalue weighted by Crippen LogP contribution is 2.36. The number of aliphatic hydroxyl groups excluding tert-OH is 3. The number of para-hydroxylation sites is 1. The minimum Gasteiger partial charge on any atom is -0.507 e. The Morgan fingerprint density at radius 2 is 1.97 bits per heavy atom. The zero-order valence-corrected chi connectivity index (χ0v) is 18.2. The summed E-state index contributed by atoms with van der Waals surface area (Å²) in [5.74, 6) is -2.62. The second-order valence-corrected chi connectivity index (χ2v) is 8.79. The number of aromatic hydroxyl groups is 1. The molecule has 35 heavy (non-hydrogen) atoms. The molecule has 3 heterocycles. The smallest absolute Gasteiger partial charge is 0.300 e. The van der Waals surface area contributed by atoms with Gasteiger partial charge in [0, 0.05) is 4.91 Å². The van der Waals surface area contributed by atoms with Crippen LogP contribution in [0.25, 0.3) is 21.6 Å². The number of amides is 1. The quantitative estimate of drug-likeness (QED) is 0.0992. The lowest BCUT2D eigenvalue weighted by atomic mass is 10.1. The van der Waals surface area contributed by atoms with Gasteiger partial charge in [0.25, 0.3) is 21.1 Å². The summed E-state index contributed by atoms with van der Waals surface area (Å²) in [6.07, 6.45) is -5.98. The number of hydrogen-bond donors (Lipinski definition) is 6. The molecule has 0 bridgehead atoms. The zero-order chi connectivity index (χ0) is 25.5. The molecule has 18 heteroatoms. The number of fused-ring (bicyclic) bond motifs is 1. The van der Waals surface area contributed by atoms with Crippen molar-refractivity contribution in [1.82, 2.24) is 24.2 Å². The fraction of sp³-hybridized carbons (Fsp3) is 0.294. The van der Waals surface area contributed by atoms with E-state index >= 15 is 0 Å². The molecule has 1 amide bonds. The number of carbonyl (C=O) groups excluding carboxylic acids is 1. The number of nitrogen functional groups attached to an aromatic ring is 1. The molecule has 0 aliphatic carbocycles. The van der Waals surface area contributed by atoms with E-state index in [1.807, 2.05) is 0 Å². The second-order valence-electron chi connectivity index (χ2n) is 7.22. The molecule has 1 fully saturated rings. The van der Waals surface area contributed by atoms with Crippen LogP contribution in [0, 0.1) is 0 Å². The predicted molar refractivity (Wildman–Crippen MR) is 114 cm³/mol. The third-order valence-electron chi connectivity index (χ3n) is 5.05. The van der Waals surface area contributed by atoms with Crippen molar-refractivity contribution in [3.8, 4) is 5.75 Å². The summed E-state index contributed by atoms with van der Waals surface area (Å²) in [5, 5.41) is 42.0. The van der Waals surface area contributed by atoms with Gasteiger partial charge in [-0.15, -0.1) is 0 Å². The fourth-order valence-electron chi connectivity index (χ4n) is 3.41. The number of carbonyl (C=O) groups is 1. The molecule has 7 N–H and O–H groups in total. The van der Waals surface area contributed by atoms with Crippen LogP contribution in [0.15, 0.2) is 34.5 Å². The van der Waals surface area contributed by atoms with Crippen LogP contribution in [0.5, 0.6) is 5.75 Å². The molecule has 17 nitrogen and oxygen atoms in total. The van der Waals surface area contributed by atoms with Gasteiger partial charge in [0.15, 0.2) is 23.2 Å². The third-order valence-corrected chi connectivity index (χ3v) is 6.17. The summed E-state index contributed by atoms with van der Waals surface area (Å²) in [7, 11) is -4.77. The molecule has 0 saturated carbocycles. The Labute approximate surface area is 195 Å². The molecular weight excluding hydrogens is 490 g/mol. The number of phenols is 1. The third kappa shape index (κ3) is 4.16. The molecule has 2 unspecified atom stereocenters. The molecule has 1 aliphatic rings. The highest BCUT2D eigenvalue weighted by molar-refractivity contribution is 7.89. The number of hydrogen-bond acceptors (Lipinski definition) is 13. The van der Waals surface area contributed by atoms with Gasteiger partial charge in [0.1, 0.15) is 24.1 Å². The van der Waals surface area contributed by atoms with Crippen molar-refractivity contribution < 1.29 is 38.4 Å². The van der Waals surface area contributed by atoms with Gasteiger partial charge in [-0.25, -0.2) is 9.71 Å². The lowest BCUT2D eigenvalue weighted by Gasteiger charge is -2.18. The van der Waals surface area contributed by atoms with Crippen LogP contribution in [-0.4, -0.2) is 79.2 Å². The number of phenolic OH excluding ortho intramolecular Hbond substituents is 1. The van der Waals surface area contributed by atoms with Gasteiger partial charge >= 0.3 is 0 Å². The van der Waals surface area contributed by atoms with Crippen LogP contribution in [-0.2, 0) is 14.8 Å². The number of benzene rings is 1. The van der Waals surface area contributed by atoms with E-state index in [1.54, 1.807) is 4.72 Å². The van der Waals surface area contributed by atoms with E-state index in [1.165, 1.54) is 24.3 Å². The summed E-state index contributed by atoms with van der Waals surface area (Å²) in [6, 6.07) is 5.19. The van der Waals surface area contributed by atoms with Crippen LogP contribution in [0.3, 0.4) is 0 Å². The molecular formula is C17H17N9O8S. The SMILES string of the molecule is [N-]=[N+]=Nc1nc2c(N)nc(S(=O)(=O)NC(=O)c3ccccc3O)nc2n1[C@@H]1O[C@H](CO)C(O)C1O. The fourth-order valence-corrected chi connectivity index (χ4v) is 4.28. The highest BCUT2D eigenvalue weighted by atomic mass is 32.2. The van der Waals surface area contributed by atoms with Crippen LogP contribution >= 0.6 is 0 Å². The van der Waals surface area contributed by atoms with Gasteiger partial charge in [0.05, 0.1) is 12.2 Å². The van der Waals surface area contributed by atoms with Crippen molar-refractivity contribution in [2.24, 2.45) is 5.11 Å². The minimum absolute atomic E-state index is 0.240. The number of sulfonamides is 1. The molecule has 184 valence electrons. The normalized spacial score (nSPS) is 22.1. The van der Waals surface area contributed by atoms with Crippen LogP contribution in [0.1, 0.15) is 16.6 Å². The van der Waals surface area contributed by atoms with Crippen LogP contribution in [0.4, 0.5) is 11.8 Å². The van der Waals surface area contributed by atoms with E-state index in [9.17, 15) is 33.6 Å². The molecule has 2 aromatic heterocycles.